The number of hydrogen-bond acceptors (Lipinski definition) is 4. The van der Waals surface area contributed by atoms with E-state index in [0.717, 1.165) is 38.6 Å². The Morgan fingerprint density at radius 2 is 2.00 bits per heavy atom. The zero-order chi connectivity index (χ0) is 14.1. The van der Waals surface area contributed by atoms with Crippen molar-refractivity contribution in [3.63, 3.8) is 0 Å². The first-order valence-electron chi connectivity index (χ1n) is 8.20. The second-order valence-electron chi connectivity index (χ2n) is 6.93. The Kier molecular flexibility index (Phi) is 4.66. The van der Waals surface area contributed by atoms with E-state index in [0.29, 0.717) is 10.8 Å². The molecule has 1 N–H and O–H groups in total. The van der Waals surface area contributed by atoms with Crippen molar-refractivity contribution in [2.75, 3.05) is 32.6 Å². The first kappa shape index (κ1) is 15.1. The van der Waals surface area contributed by atoms with Gasteiger partial charge in [0.25, 0.3) is 0 Å². The first-order valence-corrected chi connectivity index (χ1v) is 9.19. The molecule has 3 nitrogen and oxygen atoms in total. The number of nitrogens with one attached hydrogen (secondary N) is 1. The Balaban J connectivity index is 1.71. The van der Waals surface area contributed by atoms with Crippen LogP contribution in [-0.4, -0.2) is 49.0 Å². The Labute approximate surface area is 127 Å². The van der Waals surface area contributed by atoms with Crippen molar-refractivity contribution in [3.8, 4) is 0 Å². The van der Waals surface area contributed by atoms with Gasteiger partial charge in [0, 0.05) is 30.6 Å². The molecule has 4 heteroatoms. The molecule has 3 rings (SSSR count). The zero-order valence-electron chi connectivity index (χ0n) is 13.0. The van der Waals surface area contributed by atoms with Crippen molar-refractivity contribution < 1.29 is 9.47 Å². The van der Waals surface area contributed by atoms with Crippen LogP contribution in [0.1, 0.15) is 45.4 Å². The van der Waals surface area contributed by atoms with Crippen LogP contribution in [0, 0.1) is 5.92 Å². The van der Waals surface area contributed by atoms with Crippen LogP contribution in [0.5, 0.6) is 0 Å². The Morgan fingerprint density at radius 3 is 2.65 bits per heavy atom. The van der Waals surface area contributed by atoms with Gasteiger partial charge in [0.1, 0.15) is 0 Å². The average Bonchev–Trinajstić information content (AvgIpc) is 2.88. The molecule has 0 amide bonds. The Morgan fingerprint density at radius 1 is 1.20 bits per heavy atom. The summed E-state index contributed by atoms with van der Waals surface area (Å²) in [6, 6.07) is 0.624. The summed E-state index contributed by atoms with van der Waals surface area (Å²) in [5.74, 6) is 2.08. The van der Waals surface area contributed by atoms with Gasteiger partial charge in [0.2, 0.25) is 0 Å². The minimum atomic E-state index is 0.121. The third kappa shape index (κ3) is 2.90. The molecule has 0 radical (unpaired) electrons. The van der Waals surface area contributed by atoms with Crippen LogP contribution in [0.15, 0.2) is 0 Å². The summed E-state index contributed by atoms with van der Waals surface area (Å²) < 4.78 is 12.2. The van der Waals surface area contributed by atoms with Crippen molar-refractivity contribution in [2.24, 2.45) is 5.92 Å². The first-order chi connectivity index (χ1) is 9.68. The summed E-state index contributed by atoms with van der Waals surface area (Å²) in [5.41, 5.74) is 0.121. The van der Waals surface area contributed by atoms with Gasteiger partial charge in [-0.3, -0.25) is 0 Å². The van der Waals surface area contributed by atoms with Crippen molar-refractivity contribution >= 4 is 11.8 Å². The third-order valence-corrected chi connectivity index (χ3v) is 7.24. The van der Waals surface area contributed by atoms with Crippen LogP contribution in [-0.2, 0) is 9.47 Å². The minimum absolute atomic E-state index is 0.121. The molecule has 3 atom stereocenters. The van der Waals surface area contributed by atoms with Crippen molar-refractivity contribution in [1.82, 2.24) is 5.32 Å². The fraction of sp³-hybridized carbons (Fsp3) is 1.00. The average molecular weight is 299 g/mol. The molecule has 3 saturated heterocycles. The third-order valence-electron chi connectivity index (χ3n) is 5.62. The number of rotatable bonds is 3. The quantitative estimate of drug-likeness (QED) is 0.868. The lowest BCUT2D eigenvalue weighted by atomic mass is 9.74. The molecule has 0 aliphatic carbocycles. The Hall–Kier alpha value is 0.230. The van der Waals surface area contributed by atoms with E-state index in [4.69, 9.17) is 9.47 Å². The summed E-state index contributed by atoms with van der Waals surface area (Å²) in [5, 5.41) is 3.67. The molecular formula is C16H29NO2S. The van der Waals surface area contributed by atoms with Gasteiger partial charge < -0.3 is 14.8 Å². The number of ether oxygens (including phenoxy) is 2. The lowest BCUT2D eigenvalue weighted by Crippen LogP contribution is -2.54. The highest BCUT2D eigenvalue weighted by molar-refractivity contribution is 8.00. The number of hydrogen-bond donors (Lipinski definition) is 1. The van der Waals surface area contributed by atoms with Crippen molar-refractivity contribution in [1.29, 1.82) is 0 Å². The lowest BCUT2D eigenvalue weighted by Gasteiger charge is -2.48. The monoisotopic (exact) mass is 299 g/mol. The molecule has 3 aliphatic heterocycles. The molecule has 3 fully saturated rings. The van der Waals surface area contributed by atoms with Gasteiger partial charge in [-0.15, -0.1) is 0 Å². The smallest absolute Gasteiger partial charge is 0.0729 e. The van der Waals surface area contributed by atoms with Gasteiger partial charge in [-0.25, -0.2) is 0 Å². The molecule has 0 aromatic carbocycles. The van der Waals surface area contributed by atoms with E-state index in [1.54, 1.807) is 0 Å². The highest BCUT2D eigenvalue weighted by atomic mass is 32.2. The van der Waals surface area contributed by atoms with E-state index >= 15 is 0 Å². The molecule has 3 unspecified atom stereocenters. The van der Waals surface area contributed by atoms with E-state index in [1.807, 2.05) is 0 Å². The van der Waals surface area contributed by atoms with Gasteiger partial charge in [0.15, 0.2) is 0 Å². The minimum Gasteiger partial charge on any atom is -0.381 e. The molecular weight excluding hydrogens is 270 g/mol. The van der Waals surface area contributed by atoms with Crippen molar-refractivity contribution in [2.45, 2.75) is 61.8 Å². The molecule has 20 heavy (non-hydrogen) atoms. The molecule has 0 bridgehead atoms. The molecule has 1 spiro atoms. The fourth-order valence-corrected chi connectivity index (χ4v) is 6.06. The van der Waals surface area contributed by atoms with Gasteiger partial charge in [-0.2, -0.15) is 11.8 Å². The SMILES string of the molecule is CNC(C1CCOC2(CCOCC2)C1)C1(C)CCCS1. The summed E-state index contributed by atoms with van der Waals surface area (Å²) in [4.78, 5) is 0. The summed E-state index contributed by atoms with van der Waals surface area (Å²) >= 11 is 2.18. The van der Waals surface area contributed by atoms with Gasteiger partial charge in [-0.1, -0.05) is 0 Å². The van der Waals surface area contributed by atoms with Gasteiger partial charge in [0.05, 0.1) is 5.60 Å². The second kappa shape index (κ2) is 6.15. The maximum absolute atomic E-state index is 6.21. The summed E-state index contributed by atoms with van der Waals surface area (Å²) in [7, 11) is 2.15. The largest absolute Gasteiger partial charge is 0.381 e. The van der Waals surface area contributed by atoms with Gasteiger partial charge >= 0.3 is 0 Å². The van der Waals surface area contributed by atoms with Crippen LogP contribution in [0.4, 0.5) is 0 Å². The van der Waals surface area contributed by atoms with Crippen molar-refractivity contribution in [3.05, 3.63) is 0 Å². The van der Waals surface area contributed by atoms with E-state index in [-0.39, 0.29) is 5.60 Å². The van der Waals surface area contributed by atoms with E-state index in [9.17, 15) is 0 Å². The standard InChI is InChI=1S/C16H29NO2S/c1-15(5-3-11-20-15)14(17-2)13-4-8-19-16(12-13)6-9-18-10-7-16/h13-14,17H,3-12H2,1-2H3. The fourth-order valence-electron chi connectivity index (χ4n) is 4.53. The lowest BCUT2D eigenvalue weighted by molar-refractivity contribution is -0.150. The zero-order valence-corrected chi connectivity index (χ0v) is 13.8. The van der Waals surface area contributed by atoms with Gasteiger partial charge in [-0.05, 0) is 64.2 Å². The van der Waals surface area contributed by atoms with Crippen LogP contribution < -0.4 is 5.32 Å². The van der Waals surface area contributed by atoms with E-state index < -0.39 is 0 Å². The van der Waals surface area contributed by atoms with E-state index in [1.165, 1.54) is 31.4 Å². The maximum atomic E-state index is 6.21. The molecule has 0 aromatic heterocycles. The summed E-state index contributed by atoms with van der Waals surface area (Å²) in [6.07, 6.45) is 7.34. The van der Waals surface area contributed by atoms with E-state index in [2.05, 4.69) is 31.1 Å². The van der Waals surface area contributed by atoms with Crippen LogP contribution in [0.3, 0.4) is 0 Å². The molecule has 3 aliphatic rings. The maximum Gasteiger partial charge on any atom is 0.0729 e. The highest BCUT2D eigenvalue weighted by Crippen LogP contribution is 2.47. The van der Waals surface area contributed by atoms with Crippen LogP contribution in [0.2, 0.25) is 0 Å². The number of thioether (sulfide) groups is 1. The summed E-state index contributed by atoms with van der Waals surface area (Å²) in [6.45, 7) is 5.16. The second-order valence-corrected chi connectivity index (χ2v) is 8.56. The van der Waals surface area contributed by atoms with Crippen LogP contribution >= 0.6 is 11.8 Å². The predicted molar refractivity (Wildman–Crippen MR) is 84.4 cm³/mol. The predicted octanol–water partition coefficient (Wildman–Crippen LogP) is 2.84. The molecule has 0 saturated carbocycles. The molecule has 116 valence electrons. The molecule has 3 heterocycles. The molecule has 0 aromatic rings. The Bertz CT molecular complexity index is 319. The highest BCUT2D eigenvalue weighted by Gasteiger charge is 2.46. The topological polar surface area (TPSA) is 30.5 Å². The van der Waals surface area contributed by atoms with Crippen LogP contribution in [0.25, 0.3) is 0 Å². The normalized spacial score (nSPS) is 39.0.